The van der Waals surface area contributed by atoms with Crippen LogP contribution in [0.2, 0.25) is 0 Å². The number of hydrogen-bond donors (Lipinski definition) is 1. The van der Waals surface area contributed by atoms with E-state index in [2.05, 4.69) is 0 Å². The number of carbonyl (C=O) groups is 2. The van der Waals surface area contributed by atoms with E-state index in [1.807, 2.05) is 0 Å². The highest BCUT2D eigenvalue weighted by molar-refractivity contribution is 7.12. The highest BCUT2D eigenvalue weighted by Gasteiger charge is 2.45. The first-order valence-electron chi connectivity index (χ1n) is 9.15. The summed E-state index contributed by atoms with van der Waals surface area (Å²) in [6.45, 7) is 0.834. The predicted molar refractivity (Wildman–Crippen MR) is 105 cm³/mol. The van der Waals surface area contributed by atoms with Crippen molar-refractivity contribution >= 4 is 28.7 Å². The van der Waals surface area contributed by atoms with E-state index in [-0.39, 0.29) is 23.9 Å². The number of Topliss-reactive ketones (excluding diaryl/α,β-unsaturated/α-hetero) is 1. The van der Waals surface area contributed by atoms with Crippen LogP contribution in [0, 0.1) is 10.1 Å². The quantitative estimate of drug-likeness (QED) is 0.441. The minimum Gasteiger partial charge on any atom is -0.503 e. The van der Waals surface area contributed by atoms with Gasteiger partial charge in [0.25, 0.3) is 11.6 Å². The van der Waals surface area contributed by atoms with Gasteiger partial charge in [0.1, 0.15) is 0 Å². The Morgan fingerprint density at radius 2 is 2.07 bits per heavy atom. The number of non-ortho nitro benzene ring substituents is 1. The molecule has 2 atom stereocenters. The molecule has 0 bridgehead atoms. The van der Waals surface area contributed by atoms with E-state index in [1.54, 1.807) is 17.5 Å². The Kier molecular flexibility index (Phi) is 5.16. The molecule has 2 aliphatic rings. The number of rotatable bonds is 6. The second-order valence-corrected chi connectivity index (χ2v) is 7.86. The first kappa shape index (κ1) is 19.3. The molecule has 4 rings (SSSR count). The lowest BCUT2D eigenvalue weighted by molar-refractivity contribution is -0.384. The van der Waals surface area contributed by atoms with E-state index in [0.717, 1.165) is 12.8 Å². The standard InChI is InChI=1S/C20H18N2O6S/c23-18(15-4-2-10-29-15)16-17(12-5-7-13(8-6-12)22(26)27)21(20(25)19(16)24)11-14-3-1-9-28-14/h2,4-8,10,14,17,24H,1,3,9,11H2/t14-,17+/m1/s1. The second kappa shape index (κ2) is 7.76. The lowest BCUT2D eigenvalue weighted by Crippen LogP contribution is -2.37. The summed E-state index contributed by atoms with van der Waals surface area (Å²) in [7, 11) is 0. The molecule has 1 aromatic carbocycles. The zero-order chi connectivity index (χ0) is 20.5. The first-order chi connectivity index (χ1) is 14.0. The van der Waals surface area contributed by atoms with Gasteiger partial charge in [-0.25, -0.2) is 0 Å². The van der Waals surface area contributed by atoms with Crippen molar-refractivity contribution in [2.45, 2.75) is 25.0 Å². The van der Waals surface area contributed by atoms with Crippen LogP contribution in [0.5, 0.6) is 0 Å². The van der Waals surface area contributed by atoms with Crippen molar-refractivity contribution in [3.8, 4) is 0 Å². The van der Waals surface area contributed by atoms with Gasteiger partial charge < -0.3 is 14.7 Å². The number of carbonyl (C=O) groups excluding carboxylic acids is 2. The van der Waals surface area contributed by atoms with Crippen molar-refractivity contribution in [3.05, 3.63) is 73.7 Å². The number of benzene rings is 1. The van der Waals surface area contributed by atoms with Gasteiger partial charge >= 0.3 is 0 Å². The van der Waals surface area contributed by atoms with Crippen molar-refractivity contribution in [3.63, 3.8) is 0 Å². The van der Waals surface area contributed by atoms with Gasteiger partial charge in [0.05, 0.1) is 27.5 Å². The molecule has 0 unspecified atom stereocenters. The van der Waals surface area contributed by atoms with Crippen molar-refractivity contribution in [1.82, 2.24) is 4.90 Å². The van der Waals surface area contributed by atoms with Gasteiger partial charge in [-0.1, -0.05) is 6.07 Å². The van der Waals surface area contributed by atoms with Crippen LogP contribution in [0.4, 0.5) is 5.69 Å². The molecule has 9 heteroatoms. The number of aliphatic hydroxyl groups excluding tert-OH is 1. The highest BCUT2D eigenvalue weighted by atomic mass is 32.1. The van der Waals surface area contributed by atoms with Crippen molar-refractivity contribution in [2.75, 3.05) is 13.2 Å². The molecular formula is C20H18N2O6S. The molecule has 29 heavy (non-hydrogen) atoms. The summed E-state index contributed by atoms with van der Waals surface area (Å²) in [4.78, 5) is 38.2. The maximum absolute atomic E-state index is 13.1. The summed E-state index contributed by atoms with van der Waals surface area (Å²) in [6, 6.07) is 8.20. The predicted octanol–water partition coefficient (Wildman–Crippen LogP) is 3.41. The summed E-state index contributed by atoms with van der Waals surface area (Å²) in [5.74, 6) is -1.64. The third-order valence-electron chi connectivity index (χ3n) is 5.14. The van der Waals surface area contributed by atoms with Crippen LogP contribution in [-0.4, -0.2) is 45.9 Å². The maximum Gasteiger partial charge on any atom is 0.290 e. The number of thiophene rings is 1. The topological polar surface area (TPSA) is 110 Å². The van der Waals surface area contributed by atoms with Crippen LogP contribution >= 0.6 is 11.3 Å². The molecule has 1 aromatic heterocycles. The van der Waals surface area contributed by atoms with Gasteiger partial charge in [-0.2, -0.15) is 0 Å². The molecule has 0 radical (unpaired) electrons. The molecule has 1 saturated heterocycles. The summed E-state index contributed by atoms with van der Waals surface area (Å²) < 4.78 is 5.63. The monoisotopic (exact) mass is 414 g/mol. The third-order valence-corrected chi connectivity index (χ3v) is 6.01. The van der Waals surface area contributed by atoms with E-state index < -0.39 is 28.4 Å². The molecule has 0 spiro atoms. The Morgan fingerprint density at radius 1 is 1.31 bits per heavy atom. The van der Waals surface area contributed by atoms with E-state index in [4.69, 9.17) is 4.74 Å². The van der Waals surface area contributed by atoms with E-state index >= 15 is 0 Å². The number of amides is 1. The van der Waals surface area contributed by atoms with Crippen LogP contribution in [0.25, 0.3) is 0 Å². The normalized spacial score (nSPS) is 21.8. The summed E-state index contributed by atoms with van der Waals surface area (Å²) >= 11 is 1.22. The number of nitro groups is 1. The van der Waals surface area contributed by atoms with Gasteiger partial charge in [-0.05, 0) is 42.0 Å². The number of ether oxygens (including phenoxy) is 1. The van der Waals surface area contributed by atoms with Crippen LogP contribution in [0.3, 0.4) is 0 Å². The third kappa shape index (κ3) is 3.54. The van der Waals surface area contributed by atoms with Gasteiger partial charge in [0, 0.05) is 25.3 Å². The zero-order valence-corrected chi connectivity index (χ0v) is 16.1. The molecule has 1 fully saturated rings. The number of ketones is 1. The van der Waals surface area contributed by atoms with Crippen LogP contribution in [-0.2, 0) is 9.53 Å². The number of hydrogen-bond acceptors (Lipinski definition) is 7. The highest BCUT2D eigenvalue weighted by Crippen LogP contribution is 2.40. The zero-order valence-electron chi connectivity index (χ0n) is 15.3. The van der Waals surface area contributed by atoms with E-state index in [9.17, 15) is 24.8 Å². The van der Waals surface area contributed by atoms with E-state index in [0.29, 0.717) is 17.0 Å². The molecule has 8 nitrogen and oxygen atoms in total. The largest absolute Gasteiger partial charge is 0.503 e. The van der Waals surface area contributed by atoms with E-state index in [1.165, 1.54) is 40.5 Å². The molecule has 2 aliphatic heterocycles. The Morgan fingerprint density at radius 3 is 2.66 bits per heavy atom. The number of nitro benzene ring substituents is 1. The fourth-order valence-electron chi connectivity index (χ4n) is 3.75. The van der Waals surface area contributed by atoms with Gasteiger partial charge in [-0.15, -0.1) is 11.3 Å². The number of aliphatic hydroxyl groups is 1. The fourth-order valence-corrected chi connectivity index (χ4v) is 4.42. The molecule has 0 saturated carbocycles. The minimum atomic E-state index is -0.831. The lowest BCUT2D eigenvalue weighted by Gasteiger charge is -2.28. The fraction of sp³-hybridized carbons (Fsp3) is 0.300. The smallest absolute Gasteiger partial charge is 0.290 e. The Labute approximate surface area is 170 Å². The second-order valence-electron chi connectivity index (χ2n) is 6.91. The Bertz CT molecular complexity index is 977. The maximum atomic E-state index is 13.1. The lowest BCUT2D eigenvalue weighted by atomic mass is 9.95. The molecular weight excluding hydrogens is 396 g/mol. The molecule has 150 valence electrons. The average Bonchev–Trinajstić information content (AvgIpc) is 3.46. The molecule has 1 N–H and O–H groups in total. The molecule has 0 aliphatic carbocycles. The average molecular weight is 414 g/mol. The van der Waals surface area contributed by atoms with Crippen molar-refractivity contribution < 1.29 is 24.4 Å². The molecule has 3 heterocycles. The summed E-state index contributed by atoms with van der Waals surface area (Å²) in [6.07, 6.45) is 1.49. The molecule has 2 aromatic rings. The number of nitrogens with zero attached hydrogens (tertiary/aromatic N) is 2. The SMILES string of the molecule is O=C(C1=C(O)C(=O)N(C[C@H]2CCCO2)[C@H]1c1ccc([N+](=O)[O-])cc1)c1cccs1. The van der Waals surface area contributed by atoms with Crippen LogP contribution in [0.1, 0.15) is 34.1 Å². The minimum absolute atomic E-state index is 0.00991. The summed E-state index contributed by atoms with van der Waals surface area (Å²) in [5, 5.41) is 23.3. The Balaban J connectivity index is 1.75. The Hall–Kier alpha value is -3.04. The van der Waals surface area contributed by atoms with Crippen LogP contribution < -0.4 is 0 Å². The molecule has 1 amide bonds. The van der Waals surface area contributed by atoms with Gasteiger partial charge in [0.2, 0.25) is 5.78 Å². The van der Waals surface area contributed by atoms with Gasteiger partial charge in [0.15, 0.2) is 5.76 Å². The van der Waals surface area contributed by atoms with Crippen molar-refractivity contribution in [2.24, 2.45) is 0 Å². The van der Waals surface area contributed by atoms with Gasteiger partial charge in [-0.3, -0.25) is 19.7 Å². The van der Waals surface area contributed by atoms with Crippen molar-refractivity contribution in [1.29, 1.82) is 0 Å². The van der Waals surface area contributed by atoms with Crippen LogP contribution in [0.15, 0.2) is 53.1 Å². The first-order valence-corrected chi connectivity index (χ1v) is 10.0. The summed E-state index contributed by atoms with van der Waals surface area (Å²) in [5.41, 5.74) is 0.415.